The Kier molecular flexibility index (Phi) is 6.71. The van der Waals surface area contributed by atoms with Crippen molar-refractivity contribution in [2.24, 2.45) is 0 Å². The van der Waals surface area contributed by atoms with Crippen LogP contribution in [-0.4, -0.2) is 24.6 Å². The number of benzene rings is 2. The summed E-state index contributed by atoms with van der Waals surface area (Å²) in [5.74, 6) is -0.493. The predicted molar refractivity (Wildman–Crippen MR) is 94.7 cm³/mol. The van der Waals surface area contributed by atoms with Crippen molar-refractivity contribution in [2.45, 2.75) is 32.5 Å². The Balaban J connectivity index is 2.19. The third-order valence-corrected chi connectivity index (χ3v) is 4.00. The van der Waals surface area contributed by atoms with Gasteiger partial charge in [-0.15, -0.1) is 0 Å². The highest BCUT2D eigenvalue weighted by Gasteiger charge is 2.31. The second-order valence-electron chi connectivity index (χ2n) is 6.23. The number of halogens is 3. The highest BCUT2D eigenvalue weighted by molar-refractivity contribution is 5.72. The molecule has 0 saturated carbocycles. The lowest BCUT2D eigenvalue weighted by atomic mass is 9.99. The van der Waals surface area contributed by atoms with E-state index in [-0.39, 0.29) is 12.1 Å². The molecule has 2 rings (SSSR count). The molecule has 0 spiro atoms. The average molecular weight is 380 g/mol. The van der Waals surface area contributed by atoms with Gasteiger partial charge in [-0.3, -0.25) is 5.11 Å². The van der Waals surface area contributed by atoms with E-state index in [9.17, 15) is 23.1 Å². The first-order valence-electron chi connectivity index (χ1n) is 8.58. The lowest BCUT2D eigenvalue weighted by Gasteiger charge is -2.17. The van der Waals surface area contributed by atoms with E-state index in [2.05, 4.69) is 0 Å². The second kappa shape index (κ2) is 8.79. The van der Waals surface area contributed by atoms with Crippen LogP contribution in [0.4, 0.5) is 18.0 Å². The Bertz CT molecular complexity index is 790. The van der Waals surface area contributed by atoms with Gasteiger partial charge in [-0.05, 0) is 41.8 Å². The minimum atomic E-state index is -4.53. The molecule has 0 saturated heterocycles. The molecule has 0 heterocycles. The van der Waals surface area contributed by atoms with Crippen LogP contribution in [0.15, 0.2) is 42.5 Å². The molecule has 2 aromatic carbocycles. The zero-order chi connectivity index (χ0) is 20.0. The minimum absolute atomic E-state index is 0.0279. The van der Waals surface area contributed by atoms with E-state index >= 15 is 0 Å². The maximum absolute atomic E-state index is 12.9. The fourth-order valence-electron chi connectivity index (χ4n) is 2.52. The van der Waals surface area contributed by atoms with Gasteiger partial charge in [0.2, 0.25) is 0 Å². The summed E-state index contributed by atoms with van der Waals surface area (Å²) >= 11 is 0. The number of unbranched alkanes of at least 4 members (excludes halogenated alkanes) is 1. The quantitative estimate of drug-likeness (QED) is 0.587. The van der Waals surface area contributed by atoms with Crippen LogP contribution < -0.4 is 0 Å². The molecule has 145 valence electrons. The molecule has 1 amide bonds. The Morgan fingerprint density at radius 1 is 1.15 bits per heavy atom. The molecule has 27 heavy (non-hydrogen) atoms. The maximum Gasteiger partial charge on any atom is 0.416 e. The third-order valence-electron chi connectivity index (χ3n) is 4.00. The number of carbonyl (C=O) groups excluding carboxylic acids is 1. The average Bonchev–Trinajstić information content (AvgIpc) is 2.61. The molecule has 0 bridgehead atoms. The van der Waals surface area contributed by atoms with Crippen molar-refractivity contribution < 1.29 is 27.8 Å². The summed E-state index contributed by atoms with van der Waals surface area (Å²) in [5, 5.41) is 12.0. The normalized spacial score (nSPS) is 11.3. The minimum Gasteiger partial charge on any atom is -0.449 e. The van der Waals surface area contributed by atoms with Gasteiger partial charge in [0.1, 0.15) is 0 Å². The summed E-state index contributed by atoms with van der Waals surface area (Å²) < 4.78 is 43.9. The molecular formula is C20H21F3NO3. The summed E-state index contributed by atoms with van der Waals surface area (Å²) in [6.45, 7) is 2.54. The molecule has 0 aliphatic rings. The van der Waals surface area contributed by atoms with Crippen molar-refractivity contribution in [3.05, 3.63) is 53.6 Å². The number of amides is 1. The molecule has 0 aromatic heterocycles. The molecule has 1 radical (unpaired) electrons. The summed E-state index contributed by atoms with van der Waals surface area (Å²) in [6.07, 6.45) is -3.31. The van der Waals surface area contributed by atoms with E-state index in [4.69, 9.17) is 4.74 Å². The standard InChI is InChI=1S/C20H21F3NO3/c1-3-4-10-27-19(26)24(2)13-14-6-5-7-15(11-14)17-12-16(20(21,22)23)8-9-18(17)25/h5-9,11-12H,3-4,10,13H2,1-2H3. The van der Waals surface area contributed by atoms with E-state index in [0.29, 0.717) is 17.7 Å². The SMILES string of the molecule is CCCCOC(=O)N(C)Cc1cccc(-c2cc(C(F)(F)F)ccc2[O])c1. The van der Waals surface area contributed by atoms with Crippen LogP contribution in [0.5, 0.6) is 5.75 Å². The van der Waals surface area contributed by atoms with Crippen LogP contribution in [0.25, 0.3) is 11.1 Å². The Morgan fingerprint density at radius 2 is 1.89 bits per heavy atom. The zero-order valence-corrected chi connectivity index (χ0v) is 15.2. The van der Waals surface area contributed by atoms with E-state index in [1.807, 2.05) is 6.92 Å². The zero-order valence-electron chi connectivity index (χ0n) is 15.2. The molecule has 2 aromatic rings. The van der Waals surface area contributed by atoms with E-state index in [0.717, 1.165) is 31.0 Å². The highest BCUT2D eigenvalue weighted by Crippen LogP contribution is 2.37. The summed E-state index contributed by atoms with van der Waals surface area (Å²) in [4.78, 5) is 13.3. The summed E-state index contributed by atoms with van der Waals surface area (Å²) in [6, 6.07) is 9.09. The molecule has 0 atom stereocenters. The van der Waals surface area contributed by atoms with Gasteiger partial charge in [-0.25, -0.2) is 4.79 Å². The number of ether oxygens (including phenoxy) is 1. The van der Waals surface area contributed by atoms with Crippen LogP contribution >= 0.6 is 0 Å². The summed E-state index contributed by atoms with van der Waals surface area (Å²) in [5.41, 5.74) is 0.148. The van der Waals surface area contributed by atoms with Gasteiger partial charge in [0.05, 0.1) is 12.2 Å². The van der Waals surface area contributed by atoms with Crippen LogP contribution in [0.3, 0.4) is 0 Å². The maximum atomic E-state index is 12.9. The lowest BCUT2D eigenvalue weighted by molar-refractivity contribution is -0.137. The smallest absolute Gasteiger partial charge is 0.416 e. The first-order chi connectivity index (χ1) is 12.7. The van der Waals surface area contributed by atoms with Crippen molar-refractivity contribution in [2.75, 3.05) is 13.7 Å². The van der Waals surface area contributed by atoms with Crippen LogP contribution in [0, 0.1) is 0 Å². The summed E-state index contributed by atoms with van der Waals surface area (Å²) in [7, 11) is 1.57. The predicted octanol–water partition coefficient (Wildman–Crippen LogP) is 5.88. The van der Waals surface area contributed by atoms with Crippen LogP contribution in [0.1, 0.15) is 30.9 Å². The van der Waals surface area contributed by atoms with E-state index < -0.39 is 23.6 Å². The van der Waals surface area contributed by atoms with Gasteiger partial charge in [-0.1, -0.05) is 31.5 Å². The van der Waals surface area contributed by atoms with Crippen molar-refractivity contribution in [3.8, 4) is 16.9 Å². The number of rotatable bonds is 6. The molecule has 0 aliphatic heterocycles. The lowest BCUT2D eigenvalue weighted by Crippen LogP contribution is -2.27. The highest BCUT2D eigenvalue weighted by atomic mass is 19.4. The van der Waals surface area contributed by atoms with Gasteiger partial charge in [0.15, 0.2) is 5.75 Å². The Hall–Kier alpha value is -2.70. The molecule has 0 aliphatic carbocycles. The fraction of sp³-hybridized carbons (Fsp3) is 0.350. The fourth-order valence-corrected chi connectivity index (χ4v) is 2.52. The van der Waals surface area contributed by atoms with Crippen molar-refractivity contribution in [1.82, 2.24) is 4.90 Å². The topological polar surface area (TPSA) is 49.4 Å². The second-order valence-corrected chi connectivity index (χ2v) is 6.23. The van der Waals surface area contributed by atoms with Crippen LogP contribution in [0.2, 0.25) is 0 Å². The molecular weight excluding hydrogens is 359 g/mol. The number of alkyl halides is 3. The van der Waals surface area contributed by atoms with Crippen LogP contribution in [-0.2, 0) is 22.6 Å². The Labute approximate surface area is 156 Å². The largest absolute Gasteiger partial charge is 0.449 e. The van der Waals surface area contributed by atoms with Crippen molar-refractivity contribution in [3.63, 3.8) is 0 Å². The number of hydrogen-bond acceptors (Lipinski definition) is 2. The van der Waals surface area contributed by atoms with Crippen molar-refractivity contribution >= 4 is 6.09 Å². The van der Waals surface area contributed by atoms with Gasteiger partial charge >= 0.3 is 12.3 Å². The number of carbonyl (C=O) groups is 1. The first kappa shape index (κ1) is 20.6. The van der Waals surface area contributed by atoms with E-state index in [1.54, 1.807) is 31.3 Å². The number of nitrogens with zero attached hydrogens (tertiary/aromatic N) is 1. The molecule has 0 unspecified atom stereocenters. The number of hydrogen-bond donors (Lipinski definition) is 0. The monoisotopic (exact) mass is 380 g/mol. The Morgan fingerprint density at radius 3 is 2.56 bits per heavy atom. The van der Waals surface area contributed by atoms with Gasteiger partial charge < -0.3 is 9.64 Å². The van der Waals surface area contributed by atoms with Gasteiger partial charge in [0.25, 0.3) is 0 Å². The van der Waals surface area contributed by atoms with Gasteiger partial charge in [-0.2, -0.15) is 13.2 Å². The molecule has 0 N–H and O–H groups in total. The van der Waals surface area contributed by atoms with E-state index in [1.165, 1.54) is 4.90 Å². The molecule has 0 fully saturated rings. The first-order valence-corrected chi connectivity index (χ1v) is 8.58. The molecule has 7 heteroatoms. The molecule has 4 nitrogen and oxygen atoms in total. The van der Waals surface area contributed by atoms with Gasteiger partial charge in [0, 0.05) is 19.2 Å². The third kappa shape index (κ3) is 5.64. The van der Waals surface area contributed by atoms with Crippen molar-refractivity contribution in [1.29, 1.82) is 0 Å².